The summed E-state index contributed by atoms with van der Waals surface area (Å²) in [6.07, 6.45) is 0.869. The SMILES string of the molecule is CN(C)C[C@@H]1C[C@@H]1C(=O)O.Cl. The summed E-state index contributed by atoms with van der Waals surface area (Å²) in [4.78, 5) is 12.4. The zero-order valence-corrected chi connectivity index (χ0v) is 7.60. The van der Waals surface area contributed by atoms with Crippen molar-refractivity contribution in [1.82, 2.24) is 4.90 Å². The standard InChI is InChI=1S/C7H13NO2.ClH/c1-8(2)4-5-3-6(5)7(9)10;/h5-6H,3-4H2,1-2H3,(H,9,10);1H/t5-,6-;/m0./s1. The van der Waals surface area contributed by atoms with Crippen LogP contribution in [0.25, 0.3) is 0 Å². The maximum absolute atomic E-state index is 10.3. The average molecular weight is 180 g/mol. The smallest absolute Gasteiger partial charge is 0.306 e. The van der Waals surface area contributed by atoms with Gasteiger partial charge in [0.05, 0.1) is 5.92 Å². The molecule has 0 aliphatic heterocycles. The molecule has 0 unspecified atom stereocenters. The van der Waals surface area contributed by atoms with Crippen LogP contribution in [-0.2, 0) is 4.79 Å². The maximum Gasteiger partial charge on any atom is 0.306 e. The second-order valence-electron chi connectivity index (χ2n) is 3.20. The molecule has 0 heterocycles. The van der Waals surface area contributed by atoms with E-state index in [2.05, 4.69) is 0 Å². The van der Waals surface area contributed by atoms with E-state index in [4.69, 9.17) is 5.11 Å². The molecule has 0 radical (unpaired) electrons. The van der Waals surface area contributed by atoms with Crippen LogP contribution < -0.4 is 0 Å². The Morgan fingerprint density at radius 1 is 1.64 bits per heavy atom. The topological polar surface area (TPSA) is 40.5 Å². The summed E-state index contributed by atoms with van der Waals surface area (Å²) in [6, 6.07) is 0. The summed E-state index contributed by atoms with van der Waals surface area (Å²) < 4.78 is 0. The van der Waals surface area contributed by atoms with Crippen molar-refractivity contribution in [1.29, 1.82) is 0 Å². The lowest BCUT2D eigenvalue weighted by Gasteiger charge is -2.06. The zero-order chi connectivity index (χ0) is 7.72. The van der Waals surface area contributed by atoms with E-state index in [-0.39, 0.29) is 18.3 Å². The number of rotatable bonds is 3. The number of aliphatic carboxylic acids is 1. The van der Waals surface area contributed by atoms with Gasteiger partial charge in [-0.05, 0) is 26.4 Å². The van der Waals surface area contributed by atoms with Crippen LogP contribution in [0.3, 0.4) is 0 Å². The Morgan fingerprint density at radius 3 is 2.45 bits per heavy atom. The quantitative estimate of drug-likeness (QED) is 0.693. The van der Waals surface area contributed by atoms with Gasteiger partial charge in [0.1, 0.15) is 0 Å². The number of nitrogens with zero attached hydrogens (tertiary/aromatic N) is 1. The summed E-state index contributed by atoms with van der Waals surface area (Å²) in [5.74, 6) is -0.276. The monoisotopic (exact) mass is 179 g/mol. The van der Waals surface area contributed by atoms with E-state index in [9.17, 15) is 4.79 Å². The number of carboxylic acids is 1. The average Bonchev–Trinajstić information content (AvgIpc) is 2.43. The summed E-state index contributed by atoms with van der Waals surface area (Å²) in [6.45, 7) is 0.914. The number of halogens is 1. The lowest BCUT2D eigenvalue weighted by Crippen LogP contribution is -2.16. The summed E-state index contributed by atoms with van der Waals surface area (Å²) >= 11 is 0. The highest BCUT2D eigenvalue weighted by Crippen LogP contribution is 2.38. The van der Waals surface area contributed by atoms with Crippen LogP contribution in [0.2, 0.25) is 0 Å². The van der Waals surface area contributed by atoms with Gasteiger partial charge in [-0.1, -0.05) is 0 Å². The minimum absolute atomic E-state index is 0. The Morgan fingerprint density at radius 2 is 2.18 bits per heavy atom. The van der Waals surface area contributed by atoms with E-state index >= 15 is 0 Å². The van der Waals surface area contributed by atoms with Crippen LogP contribution in [0.5, 0.6) is 0 Å². The van der Waals surface area contributed by atoms with Crippen molar-refractivity contribution in [2.24, 2.45) is 11.8 Å². The highest BCUT2D eigenvalue weighted by atomic mass is 35.5. The summed E-state index contributed by atoms with van der Waals surface area (Å²) in [5, 5.41) is 8.52. The molecule has 0 spiro atoms. The van der Waals surface area contributed by atoms with Crippen LogP contribution >= 0.6 is 12.4 Å². The number of hydrogen-bond donors (Lipinski definition) is 1. The van der Waals surface area contributed by atoms with E-state index in [1.807, 2.05) is 19.0 Å². The molecule has 0 amide bonds. The largest absolute Gasteiger partial charge is 0.481 e. The third-order valence-electron chi connectivity index (χ3n) is 1.84. The van der Waals surface area contributed by atoms with Gasteiger partial charge < -0.3 is 10.0 Å². The molecule has 4 heteroatoms. The molecule has 1 fully saturated rings. The second-order valence-corrected chi connectivity index (χ2v) is 3.20. The molecule has 0 aromatic carbocycles. The molecule has 1 N–H and O–H groups in total. The Hall–Kier alpha value is -0.280. The molecule has 0 aromatic heterocycles. The van der Waals surface area contributed by atoms with E-state index in [1.165, 1.54) is 0 Å². The van der Waals surface area contributed by atoms with E-state index < -0.39 is 5.97 Å². The van der Waals surface area contributed by atoms with Crippen LogP contribution in [-0.4, -0.2) is 36.6 Å². The number of carboxylic acid groups (broad SMARTS) is 1. The highest BCUT2D eigenvalue weighted by Gasteiger charge is 2.42. The van der Waals surface area contributed by atoms with Gasteiger partial charge in [0.15, 0.2) is 0 Å². The van der Waals surface area contributed by atoms with Crippen molar-refractivity contribution < 1.29 is 9.90 Å². The van der Waals surface area contributed by atoms with Gasteiger partial charge in [-0.3, -0.25) is 4.79 Å². The second kappa shape index (κ2) is 3.93. The minimum atomic E-state index is -0.633. The first-order valence-corrected chi connectivity index (χ1v) is 3.49. The van der Waals surface area contributed by atoms with Gasteiger partial charge >= 0.3 is 5.97 Å². The molecule has 66 valence electrons. The van der Waals surface area contributed by atoms with Crippen LogP contribution in [0.4, 0.5) is 0 Å². The van der Waals surface area contributed by atoms with Gasteiger partial charge in [-0.25, -0.2) is 0 Å². The van der Waals surface area contributed by atoms with Gasteiger partial charge in [0.2, 0.25) is 0 Å². The Labute approximate surface area is 72.8 Å². The minimum Gasteiger partial charge on any atom is -0.481 e. The Balaban J connectivity index is 0.000001000. The molecule has 1 rings (SSSR count). The lowest BCUT2D eigenvalue weighted by molar-refractivity contribution is -0.138. The number of carbonyl (C=O) groups is 1. The van der Waals surface area contributed by atoms with Crippen molar-refractivity contribution >= 4 is 18.4 Å². The van der Waals surface area contributed by atoms with Crippen molar-refractivity contribution in [2.75, 3.05) is 20.6 Å². The van der Waals surface area contributed by atoms with Crippen molar-refractivity contribution in [3.05, 3.63) is 0 Å². The zero-order valence-electron chi connectivity index (χ0n) is 6.78. The van der Waals surface area contributed by atoms with Crippen LogP contribution in [0.15, 0.2) is 0 Å². The third-order valence-corrected chi connectivity index (χ3v) is 1.84. The van der Waals surface area contributed by atoms with Crippen molar-refractivity contribution in [3.8, 4) is 0 Å². The fourth-order valence-electron chi connectivity index (χ4n) is 1.22. The Bertz CT molecular complexity index is 149. The first-order chi connectivity index (χ1) is 4.61. The van der Waals surface area contributed by atoms with Gasteiger partial charge in [-0.2, -0.15) is 0 Å². The first-order valence-electron chi connectivity index (χ1n) is 3.49. The van der Waals surface area contributed by atoms with Gasteiger partial charge in [0.25, 0.3) is 0 Å². The molecule has 11 heavy (non-hydrogen) atoms. The molecule has 0 saturated heterocycles. The summed E-state index contributed by atoms with van der Waals surface area (Å²) in [7, 11) is 3.94. The van der Waals surface area contributed by atoms with Crippen LogP contribution in [0, 0.1) is 11.8 Å². The molecule has 1 saturated carbocycles. The van der Waals surface area contributed by atoms with Crippen LogP contribution in [0.1, 0.15) is 6.42 Å². The van der Waals surface area contributed by atoms with Gasteiger partial charge in [0, 0.05) is 6.54 Å². The molecule has 2 atom stereocenters. The predicted molar refractivity (Wildman–Crippen MR) is 45.0 cm³/mol. The highest BCUT2D eigenvalue weighted by molar-refractivity contribution is 5.85. The fraction of sp³-hybridized carbons (Fsp3) is 0.857. The lowest BCUT2D eigenvalue weighted by atomic mass is 10.3. The molecule has 3 nitrogen and oxygen atoms in total. The fourth-order valence-corrected chi connectivity index (χ4v) is 1.22. The molecule has 1 aliphatic carbocycles. The molecule has 0 aromatic rings. The van der Waals surface area contributed by atoms with Crippen molar-refractivity contribution in [3.63, 3.8) is 0 Å². The van der Waals surface area contributed by atoms with Crippen molar-refractivity contribution in [2.45, 2.75) is 6.42 Å². The van der Waals surface area contributed by atoms with Gasteiger partial charge in [-0.15, -0.1) is 12.4 Å². The molecule has 0 bridgehead atoms. The normalized spacial score (nSPS) is 27.9. The first kappa shape index (κ1) is 10.7. The van der Waals surface area contributed by atoms with E-state index in [0.29, 0.717) is 5.92 Å². The number of hydrogen-bond acceptors (Lipinski definition) is 2. The van der Waals surface area contributed by atoms with E-state index in [0.717, 1.165) is 13.0 Å². The Kier molecular flexibility index (Phi) is 3.83. The third kappa shape index (κ3) is 3.08. The predicted octanol–water partition coefficient (Wildman–Crippen LogP) is 0.690. The summed E-state index contributed by atoms with van der Waals surface area (Å²) in [5.41, 5.74) is 0. The maximum atomic E-state index is 10.3. The molecule has 1 aliphatic rings. The molecular weight excluding hydrogens is 166 g/mol. The van der Waals surface area contributed by atoms with E-state index in [1.54, 1.807) is 0 Å². The molecular formula is C7H14ClNO2.